The summed E-state index contributed by atoms with van der Waals surface area (Å²) in [5, 5.41) is 2.68. The predicted octanol–water partition coefficient (Wildman–Crippen LogP) is 2.76. The van der Waals surface area contributed by atoms with Gasteiger partial charge in [0.2, 0.25) is 0 Å². The topological polar surface area (TPSA) is 59.5 Å². The van der Waals surface area contributed by atoms with Gasteiger partial charge in [-0.2, -0.15) is 0 Å². The van der Waals surface area contributed by atoms with Crippen molar-refractivity contribution in [2.24, 2.45) is 0 Å². The number of furan rings is 1. The van der Waals surface area contributed by atoms with Crippen molar-refractivity contribution >= 4 is 27.5 Å². The quantitative estimate of drug-likeness (QED) is 0.799. The lowest BCUT2D eigenvalue weighted by atomic mass is 10.4. The van der Waals surface area contributed by atoms with E-state index in [1.165, 1.54) is 12.3 Å². The molecule has 3 aromatic rings. The average molecular weight is 338 g/mol. The van der Waals surface area contributed by atoms with Crippen molar-refractivity contribution in [2.75, 3.05) is 0 Å². The van der Waals surface area contributed by atoms with Gasteiger partial charge in [0.05, 0.1) is 12.2 Å². The van der Waals surface area contributed by atoms with Crippen molar-refractivity contribution in [1.29, 1.82) is 0 Å². The minimum Gasteiger partial charge on any atom is -0.444 e. The van der Waals surface area contributed by atoms with Crippen LogP contribution >= 0.6 is 15.9 Å². The first kappa shape index (κ1) is 12.9. The summed E-state index contributed by atoms with van der Waals surface area (Å²) in [5.74, 6) is -0.462. The number of hydrogen-bond acceptors (Lipinski definition) is 3. The lowest BCUT2D eigenvalue weighted by Gasteiger charge is -1.99. The van der Waals surface area contributed by atoms with Gasteiger partial charge in [0.15, 0.2) is 10.4 Å². The van der Waals surface area contributed by atoms with E-state index in [-0.39, 0.29) is 24.0 Å². The zero-order chi connectivity index (χ0) is 14.1. The third-order valence-corrected chi connectivity index (χ3v) is 3.12. The molecule has 0 aliphatic carbocycles. The van der Waals surface area contributed by atoms with Crippen LogP contribution < -0.4 is 5.32 Å². The summed E-state index contributed by atoms with van der Waals surface area (Å²) in [6, 6.07) is 6.12. The number of fused-ring (bicyclic) bond motifs is 1. The molecule has 20 heavy (non-hydrogen) atoms. The van der Waals surface area contributed by atoms with Crippen molar-refractivity contribution < 1.29 is 13.6 Å². The van der Waals surface area contributed by atoms with Gasteiger partial charge in [0.1, 0.15) is 11.5 Å². The number of imidazole rings is 1. The molecule has 0 spiro atoms. The van der Waals surface area contributed by atoms with Gasteiger partial charge in [-0.1, -0.05) is 0 Å². The van der Waals surface area contributed by atoms with Crippen LogP contribution in [0.2, 0.25) is 0 Å². The first-order chi connectivity index (χ1) is 9.61. The fraction of sp³-hybridized carbons (Fsp3) is 0.0769. The Balaban J connectivity index is 1.72. The van der Waals surface area contributed by atoms with E-state index in [1.54, 1.807) is 28.8 Å². The Morgan fingerprint density at radius 1 is 1.35 bits per heavy atom. The third kappa shape index (κ3) is 2.57. The molecule has 0 aliphatic heterocycles. The van der Waals surface area contributed by atoms with Gasteiger partial charge in [-0.05, 0) is 40.2 Å². The van der Waals surface area contributed by atoms with Crippen LogP contribution in [0.15, 0.2) is 45.7 Å². The molecule has 102 valence electrons. The Labute approximate surface area is 121 Å². The summed E-state index contributed by atoms with van der Waals surface area (Å²) >= 11 is 3.13. The van der Waals surface area contributed by atoms with Gasteiger partial charge < -0.3 is 14.1 Å². The number of nitrogens with zero attached hydrogens (tertiary/aromatic N) is 2. The van der Waals surface area contributed by atoms with E-state index in [0.717, 1.165) is 0 Å². The normalized spacial score (nSPS) is 10.9. The zero-order valence-corrected chi connectivity index (χ0v) is 11.7. The van der Waals surface area contributed by atoms with Gasteiger partial charge in [0.25, 0.3) is 5.91 Å². The van der Waals surface area contributed by atoms with Crippen molar-refractivity contribution in [2.45, 2.75) is 6.54 Å². The second kappa shape index (κ2) is 5.09. The highest BCUT2D eigenvalue weighted by Gasteiger charge is 2.11. The molecule has 3 rings (SSSR count). The minimum absolute atomic E-state index is 0.215. The van der Waals surface area contributed by atoms with Crippen LogP contribution in [0.3, 0.4) is 0 Å². The van der Waals surface area contributed by atoms with E-state index in [4.69, 9.17) is 4.42 Å². The predicted molar refractivity (Wildman–Crippen MR) is 72.7 cm³/mol. The molecule has 0 saturated heterocycles. The number of hydrogen-bond donors (Lipinski definition) is 1. The molecule has 3 heterocycles. The minimum atomic E-state index is -0.342. The maximum Gasteiger partial charge on any atom is 0.287 e. The largest absolute Gasteiger partial charge is 0.444 e. The molecule has 0 fully saturated rings. The molecular weight excluding hydrogens is 329 g/mol. The number of aromatic nitrogens is 2. The molecule has 0 radical (unpaired) electrons. The molecule has 0 bridgehead atoms. The van der Waals surface area contributed by atoms with Gasteiger partial charge in [-0.25, -0.2) is 9.37 Å². The van der Waals surface area contributed by atoms with Gasteiger partial charge in [-0.15, -0.1) is 0 Å². The van der Waals surface area contributed by atoms with Gasteiger partial charge >= 0.3 is 0 Å². The Kier molecular flexibility index (Phi) is 3.27. The number of halogens is 2. The van der Waals surface area contributed by atoms with Crippen molar-refractivity contribution in [3.8, 4) is 0 Å². The summed E-state index contributed by atoms with van der Waals surface area (Å²) in [6.07, 6.45) is 2.99. The van der Waals surface area contributed by atoms with Crippen LogP contribution in [0, 0.1) is 5.82 Å². The number of amides is 1. The summed E-state index contributed by atoms with van der Waals surface area (Å²) in [4.78, 5) is 16.0. The van der Waals surface area contributed by atoms with Crippen LogP contribution in [-0.2, 0) is 6.54 Å². The Bertz CT molecular complexity index is 781. The molecule has 0 saturated carbocycles. The molecule has 3 aromatic heterocycles. The number of pyridine rings is 1. The maximum atomic E-state index is 13.0. The SMILES string of the molecule is O=C(NCc1cn2cc(F)ccc2n1)c1ccc(Br)o1. The van der Waals surface area contributed by atoms with Gasteiger partial charge in [0, 0.05) is 12.4 Å². The molecular formula is C13H9BrFN3O2. The summed E-state index contributed by atoms with van der Waals surface area (Å²) in [6.45, 7) is 0.237. The molecule has 1 amide bonds. The van der Waals surface area contributed by atoms with Crippen molar-refractivity contribution in [3.05, 3.63) is 58.6 Å². The highest BCUT2D eigenvalue weighted by atomic mass is 79.9. The third-order valence-electron chi connectivity index (χ3n) is 2.69. The fourth-order valence-corrected chi connectivity index (χ4v) is 2.10. The molecule has 7 heteroatoms. The smallest absolute Gasteiger partial charge is 0.287 e. The van der Waals surface area contributed by atoms with Crippen LogP contribution in [0.25, 0.3) is 5.65 Å². The van der Waals surface area contributed by atoms with Crippen molar-refractivity contribution in [1.82, 2.24) is 14.7 Å². The number of carbonyl (C=O) groups is 1. The van der Waals surface area contributed by atoms with Crippen LogP contribution in [0.5, 0.6) is 0 Å². The van der Waals surface area contributed by atoms with Crippen LogP contribution in [0.1, 0.15) is 16.2 Å². The maximum absolute atomic E-state index is 13.0. The molecule has 0 atom stereocenters. The second-order valence-electron chi connectivity index (χ2n) is 4.13. The van der Waals surface area contributed by atoms with E-state index in [9.17, 15) is 9.18 Å². The summed E-state index contributed by atoms with van der Waals surface area (Å²) < 4.78 is 20.2. The van der Waals surface area contributed by atoms with Gasteiger partial charge in [-0.3, -0.25) is 4.79 Å². The van der Waals surface area contributed by atoms with Crippen molar-refractivity contribution in [3.63, 3.8) is 0 Å². The monoisotopic (exact) mass is 337 g/mol. The van der Waals surface area contributed by atoms with E-state index in [2.05, 4.69) is 26.2 Å². The summed E-state index contributed by atoms with van der Waals surface area (Å²) in [5.41, 5.74) is 1.26. The molecule has 1 N–H and O–H groups in total. The highest BCUT2D eigenvalue weighted by molar-refractivity contribution is 9.10. The van der Waals surface area contributed by atoms with E-state index in [1.807, 2.05) is 0 Å². The Hall–Kier alpha value is -2.15. The van der Waals surface area contributed by atoms with E-state index < -0.39 is 0 Å². The fourth-order valence-electron chi connectivity index (χ4n) is 1.80. The Morgan fingerprint density at radius 2 is 2.20 bits per heavy atom. The molecule has 0 aliphatic rings. The highest BCUT2D eigenvalue weighted by Crippen LogP contribution is 2.14. The first-order valence-electron chi connectivity index (χ1n) is 5.78. The van der Waals surface area contributed by atoms with Crippen LogP contribution in [-0.4, -0.2) is 15.3 Å². The first-order valence-corrected chi connectivity index (χ1v) is 6.58. The van der Waals surface area contributed by atoms with E-state index >= 15 is 0 Å². The molecule has 0 aromatic carbocycles. The zero-order valence-electron chi connectivity index (χ0n) is 10.1. The lowest BCUT2D eigenvalue weighted by Crippen LogP contribution is -2.22. The molecule has 0 unspecified atom stereocenters. The van der Waals surface area contributed by atoms with E-state index in [0.29, 0.717) is 16.0 Å². The van der Waals surface area contributed by atoms with Crippen LogP contribution in [0.4, 0.5) is 4.39 Å². The number of carbonyl (C=O) groups excluding carboxylic acids is 1. The molecule has 5 nitrogen and oxygen atoms in total. The lowest BCUT2D eigenvalue weighted by molar-refractivity contribution is 0.0921. The number of rotatable bonds is 3. The number of nitrogens with one attached hydrogen (secondary N) is 1. The second-order valence-corrected chi connectivity index (χ2v) is 4.91. The standard InChI is InChI=1S/C13H9BrFN3O2/c14-11-3-2-10(20-11)13(19)16-5-9-7-18-6-8(15)1-4-12(18)17-9/h1-4,6-7H,5H2,(H,16,19). The summed E-state index contributed by atoms with van der Waals surface area (Å²) in [7, 11) is 0. The Morgan fingerprint density at radius 3 is 2.95 bits per heavy atom. The average Bonchev–Trinajstić information content (AvgIpc) is 3.01.